The molecular formula is C20H27N3O3. The standard InChI is InChI=1S/C20H27N3O3/c1-15(2)10-11-21-16-4-9-19(23-14-16)20(24)22-12-13-26-18-7-5-17(25-3)6-8-18/h4-9,14-15,21H,10-13H2,1-3H3,(H,22,24). The van der Waals surface area contributed by atoms with E-state index in [1.807, 2.05) is 30.3 Å². The summed E-state index contributed by atoms with van der Waals surface area (Å²) in [5.74, 6) is 1.95. The lowest BCUT2D eigenvalue weighted by Gasteiger charge is -2.09. The number of rotatable bonds is 10. The number of amides is 1. The number of methoxy groups -OCH3 is 1. The number of anilines is 1. The Bertz CT molecular complexity index is 670. The number of hydrogen-bond acceptors (Lipinski definition) is 5. The number of ether oxygens (including phenoxy) is 2. The fraction of sp³-hybridized carbons (Fsp3) is 0.400. The molecule has 0 radical (unpaired) electrons. The second-order valence-electron chi connectivity index (χ2n) is 6.32. The predicted molar refractivity (Wildman–Crippen MR) is 103 cm³/mol. The maximum atomic E-state index is 12.1. The highest BCUT2D eigenvalue weighted by Gasteiger charge is 2.06. The number of benzene rings is 1. The van der Waals surface area contributed by atoms with Gasteiger partial charge in [0, 0.05) is 6.54 Å². The summed E-state index contributed by atoms with van der Waals surface area (Å²) < 4.78 is 10.7. The van der Waals surface area contributed by atoms with Gasteiger partial charge in [0.15, 0.2) is 0 Å². The molecule has 1 amide bonds. The quantitative estimate of drug-likeness (QED) is 0.638. The Morgan fingerprint density at radius 3 is 2.42 bits per heavy atom. The lowest BCUT2D eigenvalue weighted by molar-refractivity contribution is 0.0942. The molecule has 0 aliphatic carbocycles. The molecule has 0 fully saturated rings. The Labute approximate surface area is 154 Å². The van der Waals surface area contributed by atoms with Crippen molar-refractivity contribution in [3.8, 4) is 11.5 Å². The van der Waals surface area contributed by atoms with E-state index in [-0.39, 0.29) is 5.91 Å². The first-order chi connectivity index (χ1) is 12.6. The second kappa shape index (κ2) is 10.3. The molecule has 6 heteroatoms. The average molecular weight is 357 g/mol. The Morgan fingerprint density at radius 2 is 1.81 bits per heavy atom. The van der Waals surface area contributed by atoms with Crippen LogP contribution in [-0.2, 0) is 0 Å². The van der Waals surface area contributed by atoms with E-state index in [0.717, 1.165) is 30.2 Å². The maximum absolute atomic E-state index is 12.1. The molecular weight excluding hydrogens is 330 g/mol. The summed E-state index contributed by atoms with van der Waals surface area (Å²) in [7, 11) is 1.62. The van der Waals surface area contributed by atoms with E-state index < -0.39 is 0 Å². The van der Waals surface area contributed by atoms with Gasteiger partial charge in [0.25, 0.3) is 5.91 Å². The Balaban J connectivity index is 1.70. The number of nitrogens with zero attached hydrogens (tertiary/aromatic N) is 1. The number of aromatic nitrogens is 1. The molecule has 1 aromatic heterocycles. The lowest BCUT2D eigenvalue weighted by Crippen LogP contribution is -2.28. The molecule has 1 heterocycles. The summed E-state index contributed by atoms with van der Waals surface area (Å²) in [5.41, 5.74) is 1.31. The molecule has 0 aliphatic rings. The highest BCUT2D eigenvalue weighted by molar-refractivity contribution is 5.92. The van der Waals surface area contributed by atoms with Crippen molar-refractivity contribution in [2.45, 2.75) is 20.3 Å². The highest BCUT2D eigenvalue weighted by Crippen LogP contribution is 2.16. The highest BCUT2D eigenvalue weighted by atomic mass is 16.5. The molecule has 0 atom stereocenters. The molecule has 1 aromatic carbocycles. The zero-order valence-electron chi connectivity index (χ0n) is 15.6. The molecule has 6 nitrogen and oxygen atoms in total. The Kier molecular flexibility index (Phi) is 7.74. The Hall–Kier alpha value is -2.76. The van der Waals surface area contributed by atoms with Crippen LogP contribution >= 0.6 is 0 Å². The molecule has 2 aromatic rings. The van der Waals surface area contributed by atoms with Gasteiger partial charge in [-0.05, 0) is 48.7 Å². The van der Waals surface area contributed by atoms with Gasteiger partial charge in [-0.15, -0.1) is 0 Å². The molecule has 2 rings (SSSR count). The van der Waals surface area contributed by atoms with Gasteiger partial charge in [-0.1, -0.05) is 13.8 Å². The van der Waals surface area contributed by atoms with E-state index >= 15 is 0 Å². The van der Waals surface area contributed by atoms with Gasteiger partial charge < -0.3 is 20.1 Å². The molecule has 0 saturated carbocycles. The average Bonchev–Trinajstić information content (AvgIpc) is 2.66. The van der Waals surface area contributed by atoms with Crippen LogP contribution in [0.3, 0.4) is 0 Å². The van der Waals surface area contributed by atoms with Crippen molar-refractivity contribution in [3.05, 3.63) is 48.3 Å². The van der Waals surface area contributed by atoms with Crippen LogP contribution in [0.5, 0.6) is 11.5 Å². The summed E-state index contributed by atoms with van der Waals surface area (Å²) >= 11 is 0. The van der Waals surface area contributed by atoms with Crippen molar-refractivity contribution in [2.24, 2.45) is 5.92 Å². The largest absolute Gasteiger partial charge is 0.497 e. The molecule has 140 valence electrons. The van der Waals surface area contributed by atoms with Crippen LogP contribution in [0.15, 0.2) is 42.6 Å². The van der Waals surface area contributed by atoms with Crippen LogP contribution in [0.1, 0.15) is 30.8 Å². The molecule has 0 bridgehead atoms. The number of carbonyl (C=O) groups excluding carboxylic acids is 1. The van der Waals surface area contributed by atoms with Crippen molar-refractivity contribution < 1.29 is 14.3 Å². The summed E-state index contributed by atoms with van der Waals surface area (Å²) in [4.78, 5) is 16.3. The molecule has 0 saturated heterocycles. The van der Waals surface area contributed by atoms with E-state index in [4.69, 9.17) is 9.47 Å². The minimum atomic E-state index is -0.211. The number of nitrogens with one attached hydrogen (secondary N) is 2. The maximum Gasteiger partial charge on any atom is 0.269 e. The van der Waals surface area contributed by atoms with Crippen LogP contribution in [0.4, 0.5) is 5.69 Å². The first-order valence-electron chi connectivity index (χ1n) is 8.83. The van der Waals surface area contributed by atoms with Crippen LogP contribution < -0.4 is 20.1 Å². The van der Waals surface area contributed by atoms with Gasteiger partial charge in [0.05, 0.1) is 25.5 Å². The third kappa shape index (κ3) is 6.63. The summed E-state index contributed by atoms with van der Waals surface area (Å²) in [6, 6.07) is 10.9. The predicted octanol–water partition coefficient (Wildman–Crippen LogP) is 3.36. The fourth-order valence-electron chi connectivity index (χ4n) is 2.23. The van der Waals surface area contributed by atoms with Gasteiger partial charge in [0.1, 0.15) is 23.8 Å². The van der Waals surface area contributed by atoms with E-state index in [1.165, 1.54) is 0 Å². The van der Waals surface area contributed by atoms with E-state index in [9.17, 15) is 4.79 Å². The zero-order valence-corrected chi connectivity index (χ0v) is 15.6. The molecule has 26 heavy (non-hydrogen) atoms. The normalized spacial score (nSPS) is 10.5. The lowest BCUT2D eigenvalue weighted by atomic mass is 10.1. The zero-order chi connectivity index (χ0) is 18.8. The monoisotopic (exact) mass is 357 g/mol. The summed E-state index contributed by atoms with van der Waals surface area (Å²) in [6.45, 7) is 6.05. The minimum Gasteiger partial charge on any atom is -0.497 e. The number of carbonyl (C=O) groups is 1. The summed E-state index contributed by atoms with van der Waals surface area (Å²) in [6.07, 6.45) is 2.78. The smallest absolute Gasteiger partial charge is 0.269 e. The number of pyridine rings is 1. The van der Waals surface area contributed by atoms with E-state index in [1.54, 1.807) is 19.4 Å². The van der Waals surface area contributed by atoms with Crippen molar-refractivity contribution >= 4 is 11.6 Å². The fourth-order valence-corrected chi connectivity index (χ4v) is 2.23. The van der Waals surface area contributed by atoms with Gasteiger partial charge in [0.2, 0.25) is 0 Å². The summed E-state index contributed by atoms with van der Waals surface area (Å²) in [5, 5.41) is 6.10. The SMILES string of the molecule is COc1ccc(OCCNC(=O)c2ccc(NCCC(C)C)cn2)cc1. The van der Waals surface area contributed by atoms with Gasteiger partial charge in [-0.2, -0.15) is 0 Å². The van der Waals surface area contributed by atoms with Crippen LogP contribution in [0.25, 0.3) is 0 Å². The van der Waals surface area contributed by atoms with E-state index in [2.05, 4.69) is 29.5 Å². The molecule has 0 aliphatic heterocycles. The first-order valence-corrected chi connectivity index (χ1v) is 8.83. The first kappa shape index (κ1) is 19.6. The topological polar surface area (TPSA) is 72.5 Å². The minimum absolute atomic E-state index is 0.211. The Morgan fingerprint density at radius 1 is 1.08 bits per heavy atom. The second-order valence-corrected chi connectivity index (χ2v) is 6.32. The third-order valence-corrected chi connectivity index (χ3v) is 3.76. The van der Waals surface area contributed by atoms with E-state index in [0.29, 0.717) is 24.8 Å². The number of hydrogen-bond donors (Lipinski definition) is 2. The van der Waals surface area contributed by atoms with Crippen molar-refractivity contribution in [3.63, 3.8) is 0 Å². The van der Waals surface area contributed by atoms with Gasteiger partial charge in [-0.3, -0.25) is 4.79 Å². The van der Waals surface area contributed by atoms with Crippen LogP contribution in [-0.4, -0.2) is 37.7 Å². The van der Waals surface area contributed by atoms with Crippen molar-refractivity contribution in [1.82, 2.24) is 10.3 Å². The van der Waals surface area contributed by atoms with Gasteiger partial charge in [-0.25, -0.2) is 4.98 Å². The van der Waals surface area contributed by atoms with Crippen molar-refractivity contribution in [1.29, 1.82) is 0 Å². The molecule has 0 spiro atoms. The van der Waals surface area contributed by atoms with Crippen LogP contribution in [0, 0.1) is 5.92 Å². The van der Waals surface area contributed by atoms with Crippen molar-refractivity contribution in [2.75, 3.05) is 32.1 Å². The third-order valence-electron chi connectivity index (χ3n) is 3.76. The van der Waals surface area contributed by atoms with Crippen LogP contribution in [0.2, 0.25) is 0 Å². The van der Waals surface area contributed by atoms with Gasteiger partial charge >= 0.3 is 0 Å². The molecule has 0 unspecified atom stereocenters. The molecule has 2 N–H and O–H groups in total.